The highest BCUT2D eigenvalue weighted by Crippen LogP contribution is 2.29. The van der Waals surface area contributed by atoms with E-state index in [9.17, 15) is 13.2 Å². The average molecular weight is 430 g/mol. The number of sulfonamides is 1. The molecule has 0 radical (unpaired) electrons. The quantitative estimate of drug-likeness (QED) is 0.507. The van der Waals surface area contributed by atoms with Gasteiger partial charge in [-0.15, -0.1) is 0 Å². The van der Waals surface area contributed by atoms with E-state index < -0.39 is 16.0 Å². The van der Waals surface area contributed by atoms with Crippen LogP contribution in [-0.2, 0) is 15.4 Å². The number of nitrogens with zero attached hydrogens (tertiary/aromatic N) is 1. The maximum atomic E-state index is 13.1. The molecular weight excluding hydrogens is 398 g/mol. The Bertz CT molecular complexity index is 1050. The van der Waals surface area contributed by atoms with Gasteiger partial charge in [-0.2, -0.15) is 4.31 Å². The monoisotopic (exact) mass is 429 g/mol. The van der Waals surface area contributed by atoms with Crippen LogP contribution in [0.5, 0.6) is 5.75 Å². The van der Waals surface area contributed by atoms with Gasteiger partial charge in [0.25, 0.3) is 0 Å². The Balaban J connectivity index is 1.86. The Labute approximate surface area is 180 Å². The zero-order chi connectivity index (χ0) is 22.1. The molecule has 0 atom stereocenters. The third kappa shape index (κ3) is 4.76. The van der Waals surface area contributed by atoms with Crippen LogP contribution < -0.4 is 4.74 Å². The summed E-state index contributed by atoms with van der Waals surface area (Å²) in [7, 11) is -3.63. The second-order valence-corrected chi connectivity index (χ2v) is 11.0. The predicted octanol–water partition coefficient (Wildman–Crippen LogP) is 4.99. The minimum Gasteiger partial charge on any atom is -0.423 e. The van der Waals surface area contributed by atoms with Crippen molar-refractivity contribution < 1.29 is 17.9 Å². The van der Waals surface area contributed by atoms with Crippen LogP contribution in [0, 0.1) is 13.8 Å². The largest absolute Gasteiger partial charge is 0.423 e. The summed E-state index contributed by atoms with van der Waals surface area (Å²) in [6.45, 7) is 11.1. The number of aryl methyl sites for hydroxylation is 2. The number of carbonyl (C=O) groups excluding carboxylic acids is 1. The van der Waals surface area contributed by atoms with Gasteiger partial charge in [0.05, 0.1) is 10.5 Å². The lowest BCUT2D eigenvalue weighted by atomic mass is 9.86. The molecule has 0 spiro atoms. The highest BCUT2D eigenvalue weighted by atomic mass is 32.2. The molecule has 0 amide bonds. The molecule has 0 N–H and O–H groups in total. The lowest BCUT2D eigenvalue weighted by Gasteiger charge is -2.26. The second-order valence-electron chi connectivity index (χ2n) is 9.06. The highest BCUT2D eigenvalue weighted by Gasteiger charge is 2.28. The maximum Gasteiger partial charge on any atom is 0.343 e. The van der Waals surface area contributed by atoms with Crippen molar-refractivity contribution in [2.45, 2.75) is 64.2 Å². The third-order valence-electron chi connectivity index (χ3n) is 5.60. The van der Waals surface area contributed by atoms with Gasteiger partial charge in [0.2, 0.25) is 10.0 Å². The average Bonchev–Trinajstić information content (AvgIpc) is 2.69. The van der Waals surface area contributed by atoms with Gasteiger partial charge < -0.3 is 4.74 Å². The van der Waals surface area contributed by atoms with E-state index in [1.54, 1.807) is 25.1 Å². The molecular formula is C24H31NO4S. The molecule has 1 aliphatic heterocycles. The number of esters is 1. The normalized spacial score (nSPS) is 15.8. The predicted molar refractivity (Wildman–Crippen MR) is 119 cm³/mol. The molecule has 0 aliphatic carbocycles. The molecule has 162 valence electrons. The molecule has 1 aliphatic rings. The number of ether oxygens (including phenoxy) is 1. The summed E-state index contributed by atoms with van der Waals surface area (Å²) in [4.78, 5) is 13.0. The van der Waals surface area contributed by atoms with Gasteiger partial charge in [0, 0.05) is 13.1 Å². The fourth-order valence-electron chi connectivity index (χ4n) is 3.64. The van der Waals surface area contributed by atoms with Gasteiger partial charge in [-0.25, -0.2) is 13.2 Å². The second kappa shape index (κ2) is 8.52. The molecule has 0 saturated carbocycles. The Morgan fingerprint density at radius 1 is 0.933 bits per heavy atom. The molecule has 1 saturated heterocycles. The first-order chi connectivity index (χ1) is 14.0. The number of carbonyl (C=O) groups is 1. The standard InChI is InChI=1S/C24H31NO4S/c1-17-9-10-19(16-22(17)30(27,28)25-13-7-6-8-14-25)23(26)29-21-12-11-20(15-18(21)2)24(3,4)5/h9-12,15-16H,6-8,13-14H2,1-5H3. The van der Waals surface area contributed by atoms with Gasteiger partial charge in [-0.05, 0) is 67.0 Å². The molecule has 0 aromatic heterocycles. The summed E-state index contributed by atoms with van der Waals surface area (Å²) in [5.41, 5.74) is 2.88. The van der Waals surface area contributed by atoms with Crippen molar-refractivity contribution in [3.63, 3.8) is 0 Å². The van der Waals surface area contributed by atoms with E-state index in [-0.39, 0.29) is 15.9 Å². The molecule has 0 unspecified atom stereocenters. The van der Waals surface area contributed by atoms with Crippen LogP contribution in [0.1, 0.15) is 67.1 Å². The minimum absolute atomic E-state index is 0.00195. The molecule has 6 heteroatoms. The van der Waals surface area contributed by atoms with Crippen molar-refractivity contribution in [3.05, 3.63) is 58.7 Å². The minimum atomic E-state index is -3.63. The highest BCUT2D eigenvalue weighted by molar-refractivity contribution is 7.89. The lowest BCUT2D eigenvalue weighted by Crippen LogP contribution is -2.36. The van der Waals surface area contributed by atoms with Crippen molar-refractivity contribution in [2.75, 3.05) is 13.1 Å². The number of benzene rings is 2. The fraction of sp³-hybridized carbons (Fsp3) is 0.458. The van der Waals surface area contributed by atoms with E-state index >= 15 is 0 Å². The number of piperidine rings is 1. The van der Waals surface area contributed by atoms with Crippen LogP contribution in [0.4, 0.5) is 0 Å². The van der Waals surface area contributed by atoms with E-state index in [1.807, 2.05) is 19.1 Å². The fourth-order valence-corrected chi connectivity index (χ4v) is 5.41. The molecule has 1 fully saturated rings. The smallest absolute Gasteiger partial charge is 0.343 e. The van der Waals surface area contributed by atoms with Crippen LogP contribution in [0.3, 0.4) is 0 Å². The molecule has 2 aromatic carbocycles. The Morgan fingerprint density at radius 2 is 1.60 bits per heavy atom. The first kappa shape index (κ1) is 22.5. The summed E-state index contributed by atoms with van der Waals surface area (Å²) < 4.78 is 33.3. The molecule has 3 rings (SSSR count). The zero-order valence-electron chi connectivity index (χ0n) is 18.5. The van der Waals surface area contributed by atoms with E-state index in [0.717, 1.165) is 30.4 Å². The van der Waals surface area contributed by atoms with E-state index in [0.29, 0.717) is 24.4 Å². The van der Waals surface area contributed by atoms with Crippen LogP contribution in [0.25, 0.3) is 0 Å². The van der Waals surface area contributed by atoms with E-state index in [2.05, 4.69) is 20.8 Å². The summed E-state index contributed by atoms with van der Waals surface area (Å²) in [5.74, 6) is -0.0780. The van der Waals surface area contributed by atoms with Crippen molar-refractivity contribution >= 4 is 16.0 Å². The van der Waals surface area contributed by atoms with Crippen LogP contribution >= 0.6 is 0 Å². The van der Waals surface area contributed by atoms with Gasteiger partial charge in [0.1, 0.15) is 5.75 Å². The molecule has 30 heavy (non-hydrogen) atoms. The zero-order valence-corrected chi connectivity index (χ0v) is 19.3. The van der Waals surface area contributed by atoms with Gasteiger partial charge in [-0.1, -0.05) is 45.4 Å². The van der Waals surface area contributed by atoms with Gasteiger partial charge >= 0.3 is 5.97 Å². The molecule has 2 aromatic rings. The first-order valence-corrected chi connectivity index (χ1v) is 11.9. The Hall–Kier alpha value is -2.18. The van der Waals surface area contributed by atoms with Crippen molar-refractivity contribution in [1.82, 2.24) is 4.31 Å². The summed E-state index contributed by atoms with van der Waals surface area (Å²) in [6, 6.07) is 10.5. The SMILES string of the molecule is Cc1cc(C(C)(C)C)ccc1OC(=O)c1ccc(C)c(S(=O)(=O)N2CCCCC2)c1. The molecule has 0 bridgehead atoms. The maximum absolute atomic E-state index is 13.1. The van der Waals surface area contributed by atoms with Crippen molar-refractivity contribution in [2.24, 2.45) is 0 Å². The van der Waals surface area contributed by atoms with E-state index in [1.165, 1.54) is 10.4 Å². The third-order valence-corrected chi connectivity index (χ3v) is 7.64. The molecule has 1 heterocycles. The topological polar surface area (TPSA) is 63.7 Å². The molecule has 5 nitrogen and oxygen atoms in total. The Morgan fingerprint density at radius 3 is 2.20 bits per heavy atom. The lowest BCUT2D eigenvalue weighted by molar-refractivity contribution is 0.0733. The number of hydrogen-bond donors (Lipinski definition) is 0. The summed E-state index contributed by atoms with van der Waals surface area (Å²) in [6.07, 6.45) is 2.78. The summed E-state index contributed by atoms with van der Waals surface area (Å²) >= 11 is 0. The van der Waals surface area contributed by atoms with E-state index in [4.69, 9.17) is 4.74 Å². The van der Waals surface area contributed by atoms with Crippen LogP contribution in [-0.4, -0.2) is 31.8 Å². The first-order valence-electron chi connectivity index (χ1n) is 10.4. The number of rotatable bonds is 4. The Kier molecular flexibility index (Phi) is 6.39. The van der Waals surface area contributed by atoms with Crippen LogP contribution in [0.15, 0.2) is 41.3 Å². The van der Waals surface area contributed by atoms with Crippen molar-refractivity contribution in [3.8, 4) is 5.75 Å². The van der Waals surface area contributed by atoms with Crippen LogP contribution in [0.2, 0.25) is 0 Å². The van der Waals surface area contributed by atoms with Gasteiger partial charge in [-0.3, -0.25) is 0 Å². The summed E-state index contributed by atoms with van der Waals surface area (Å²) in [5, 5.41) is 0. The number of hydrogen-bond acceptors (Lipinski definition) is 4. The van der Waals surface area contributed by atoms with Gasteiger partial charge in [0.15, 0.2) is 0 Å². The van der Waals surface area contributed by atoms with Crippen molar-refractivity contribution in [1.29, 1.82) is 0 Å².